The van der Waals surface area contributed by atoms with Gasteiger partial charge in [0.05, 0.1) is 6.42 Å². The first kappa shape index (κ1) is 19.1. The van der Waals surface area contributed by atoms with Crippen molar-refractivity contribution in [1.29, 1.82) is 0 Å². The summed E-state index contributed by atoms with van der Waals surface area (Å²) in [6, 6.07) is 0. The molecule has 0 aromatic carbocycles. The molecule has 0 radical (unpaired) electrons. The summed E-state index contributed by atoms with van der Waals surface area (Å²) in [5, 5.41) is 5.73. The van der Waals surface area contributed by atoms with Gasteiger partial charge in [0.2, 0.25) is 0 Å². The average molecular weight is 322 g/mol. The first-order valence-electron chi connectivity index (χ1n) is 8.14. The minimum absolute atomic E-state index is 0.144. The minimum Gasteiger partial charge on any atom is -0.356 e. The summed E-state index contributed by atoms with van der Waals surface area (Å²) in [6.07, 6.45) is -0.312. The molecule has 0 saturated carbocycles. The number of piperidine rings is 1. The summed E-state index contributed by atoms with van der Waals surface area (Å²) < 4.78 is 36.2. The number of hydrogen-bond acceptors (Lipinski definition) is 2. The SMILES string of the molecule is CN=C(NCCCCN1CCC(C)CC1)NCCC(F)(F)F. The van der Waals surface area contributed by atoms with Crippen LogP contribution in [0.2, 0.25) is 0 Å². The first-order chi connectivity index (χ1) is 10.4. The molecule has 0 spiro atoms. The quantitative estimate of drug-likeness (QED) is 0.430. The molecule has 0 amide bonds. The maximum atomic E-state index is 12.1. The van der Waals surface area contributed by atoms with E-state index in [0.29, 0.717) is 5.96 Å². The number of rotatable bonds is 7. The number of aliphatic imine (C=N–C) groups is 1. The Morgan fingerprint density at radius 2 is 1.77 bits per heavy atom. The summed E-state index contributed by atoms with van der Waals surface area (Å²) in [7, 11) is 1.57. The third-order valence-corrected chi connectivity index (χ3v) is 3.99. The molecule has 0 bridgehead atoms. The Hall–Kier alpha value is -0.980. The topological polar surface area (TPSA) is 39.7 Å². The van der Waals surface area contributed by atoms with Crippen molar-refractivity contribution in [3.63, 3.8) is 0 Å². The van der Waals surface area contributed by atoms with Gasteiger partial charge in [-0.25, -0.2) is 0 Å². The van der Waals surface area contributed by atoms with Gasteiger partial charge in [0.25, 0.3) is 0 Å². The lowest BCUT2D eigenvalue weighted by Gasteiger charge is -2.30. The zero-order chi connectivity index (χ0) is 16.4. The summed E-state index contributed by atoms with van der Waals surface area (Å²) in [5.41, 5.74) is 0. The molecule has 7 heteroatoms. The van der Waals surface area contributed by atoms with Gasteiger partial charge in [-0.1, -0.05) is 6.92 Å². The Bertz CT molecular complexity index is 323. The normalized spacial score (nSPS) is 18.5. The zero-order valence-electron chi connectivity index (χ0n) is 13.7. The van der Waals surface area contributed by atoms with Gasteiger partial charge in [-0.15, -0.1) is 0 Å². The molecule has 1 fully saturated rings. The van der Waals surface area contributed by atoms with Gasteiger partial charge in [-0.3, -0.25) is 4.99 Å². The van der Waals surface area contributed by atoms with Gasteiger partial charge in [-0.05, 0) is 51.2 Å². The first-order valence-corrected chi connectivity index (χ1v) is 8.14. The van der Waals surface area contributed by atoms with Crippen molar-refractivity contribution in [3.8, 4) is 0 Å². The minimum atomic E-state index is -4.13. The van der Waals surface area contributed by atoms with Gasteiger partial charge in [0.15, 0.2) is 5.96 Å². The lowest BCUT2D eigenvalue weighted by Crippen LogP contribution is -2.39. The standard InChI is InChI=1S/C15H29F3N4/c1-13-5-11-22(12-6-13)10-4-3-8-20-14(19-2)21-9-7-15(16,17)18/h13H,3-12H2,1-2H3,(H2,19,20,21). The van der Waals surface area contributed by atoms with Gasteiger partial charge in [0, 0.05) is 20.1 Å². The molecule has 1 saturated heterocycles. The van der Waals surface area contributed by atoms with Crippen molar-refractivity contribution in [2.75, 3.05) is 39.8 Å². The third-order valence-electron chi connectivity index (χ3n) is 3.99. The molecule has 130 valence electrons. The number of likely N-dealkylation sites (tertiary alicyclic amines) is 1. The lowest BCUT2D eigenvalue weighted by molar-refractivity contribution is -0.132. The van der Waals surface area contributed by atoms with Crippen LogP contribution in [0.5, 0.6) is 0 Å². The van der Waals surface area contributed by atoms with Crippen LogP contribution in [-0.2, 0) is 0 Å². The van der Waals surface area contributed by atoms with E-state index >= 15 is 0 Å². The molecule has 2 N–H and O–H groups in total. The smallest absolute Gasteiger partial charge is 0.356 e. The van der Waals surface area contributed by atoms with E-state index in [1.54, 1.807) is 7.05 Å². The van der Waals surface area contributed by atoms with Crippen LogP contribution in [-0.4, -0.2) is 56.8 Å². The van der Waals surface area contributed by atoms with Crippen LogP contribution in [0.15, 0.2) is 4.99 Å². The summed E-state index contributed by atoms with van der Waals surface area (Å²) in [6.45, 7) is 6.38. The zero-order valence-corrected chi connectivity index (χ0v) is 13.7. The van der Waals surface area contributed by atoms with Gasteiger partial charge < -0.3 is 15.5 Å². The maximum Gasteiger partial charge on any atom is 0.390 e. The van der Waals surface area contributed by atoms with Crippen LogP contribution < -0.4 is 10.6 Å². The molecule has 1 aliphatic heterocycles. The number of nitrogens with zero attached hydrogens (tertiary/aromatic N) is 2. The van der Waals surface area contributed by atoms with Gasteiger partial charge in [-0.2, -0.15) is 13.2 Å². The molecule has 1 rings (SSSR count). The van der Waals surface area contributed by atoms with Crippen LogP contribution in [0.25, 0.3) is 0 Å². The molecular formula is C15H29F3N4. The highest BCUT2D eigenvalue weighted by atomic mass is 19.4. The molecule has 22 heavy (non-hydrogen) atoms. The highest BCUT2D eigenvalue weighted by molar-refractivity contribution is 5.79. The number of halogens is 3. The summed E-state index contributed by atoms with van der Waals surface area (Å²) >= 11 is 0. The van der Waals surface area contributed by atoms with Crippen molar-refractivity contribution in [1.82, 2.24) is 15.5 Å². The van der Waals surface area contributed by atoms with E-state index in [2.05, 4.69) is 27.4 Å². The Morgan fingerprint density at radius 1 is 1.14 bits per heavy atom. The number of alkyl halides is 3. The highest BCUT2D eigenvalue weighted by Gasteiger charge is 2.26. The Kier molecular flexibility index (Phi) is 8.60. The fraction of sp³-hybridized carbons (Fsp3) is 0.933. The monoisotopic (exact) mass is 322 g/mol. The van der Waals surface area contributed by atoms with Crippen molar-refractivity contribution in [2.24, 2.45) is 10.9 Å². The Balaban J connectivity index is 2.02. The van der Waals surface area contributed by atoms with Gasteiger partial charge in [0.1, 0.15) is 0 Å². The van der Waals surface area contributed by atoms with E-state index in [1.807, 2.05) is 0 Å². The molecule has 0 unspecified atom stereocenters. The number of hydrogen-bond donors (Lipinski definition) is 2. The lowest BCUT2D eigenvalue weighted by atomic mass is 9.99. The molecular weight excluding hydrogens is 293 g/mol. The Morgan fingerprint density at radius 3 is 2.36 bits per heavy atom. The van der Waals surface area contributed by atoms with E-state index in [-0.39, 0.29) is 6.54 Å². The van der Waals surface area contributed by atoms with Crippen LogP contribution in [0.3, 0.4) is 0 Å². The second-order valence-electron chi connectivity index (χ2n) is 6.02. The molecule has 1 heterocycles. The van der Waals surface area contributed by atoms with Crippen LogP contribution in [0, 0.1) is 5.92 Å². The molecule has 0 aliphatic carbocycles. The molecule has 0 aromatic heterocycles. The Labute approximate surface area is 131 Å². The van der Waals surface area contributed by atoms with E-state index in [0.717, 1.165) is 31.8 Å². The van der Waals surface area contributed by atoms with Crippen LogP contribution >= 0.6 is 0 Å². The highest BCUT2D eigenvalue weighted by Crippen LogP contribution is 2.18. The van der Waals surface area contributed by atoms with E-state index < -0.39 is 12.6 Å². The number of guanidine groups is 1. The van der Waals surface area contributed by atoms with Gasteiger partial charge >= 0.3 is 6.18 Å². The maximum absolute atomic E-state index is 12.1. The van der Waals surface area contributed by atoms with E-state index in [1.165, 1.54) is 25.9 Å². The van der Waals surface area contributed by atoms with E-state index in [4.69, 9.17) is 0 Å². The predicted molar refractivity (Wildman–Crippen MR) is 84.1 cm³/mol. The third kappa shape index (κ3) is 9.12. The fourth-order valence-corrected chi connectivity index (χ4v) is 2.50. The molecule has 0 atom stereocenters. The second kappa shape index (κ2) is 9.92. The van der Waals surface area contributed by atoms with Crippen molar-refractivity contribution >= 4 is 5.96 Å². The number of nitrogens with one attached hydrogen (secondary N) is 2. The summed E-state index contributed by atoms with van der Waals surface area (Å²) in [5.74, 6) is 1.29. The predicted octanol–water partition coefficient (Wildman–Crippen LogP) is 2.62. The number of unbranched alkanes of at least 4 members (excludes halogenated alkanes) is 1. The van der Waals surface area contributed by atoms with Crippen LogP contribution in [0.4, 0.5) is 13.2 Å². The van der Waals surface area contributed by atoms with Crippen molar-refractivity contribution in [3.05, 3.63) is 0 Å². The second-order valence-corrected chi connectivity index (χ2v) is 6.02. The van der Waals surface area contributed by atoms with Crippen LogP contribution in [0.1, 0.15) is 39.0 Å². The molecule has 0 aromatic rings. The van der Waals surface area contributed by atoms with E-state index in [9.17, 15) is 13.2 Å². The fourth-order valence-electron chi connectivity index (χ4n) is 2.50. The summed E-state index contributed by atoms with van der Waals surface area (Å²) in [4.78, 5) is 6.42. The molecule has 4 nitrogen and oxygen atoms in total. The van der Waals surface area contributed by atoms with Crippen molar-refractivity contribution < 1.29 is 13.2 Å². The van der Waals surface area contributed by atoms with Crippen molar-refractivity contribution in [2.45, 2.75) is 45.2 Å². The molecule has 1 aliphatic rings. The largest absolute Gasteiger partial charge is 0.390 e. The average Bonchev–Trinajstić information content (AvgIpc) is 2.45.